The van der Waals surface area contributed by atoms with Gasteiger partial charge in [0, 0.05) is 6.04 Å². The molecule has 0 saturated heterocycles. The maximum Gasteiger partial charge on any atom is 0.407 e. The van der Waals surface area contributed by atoms with Crippen molar-refractivity contribution in [2.45, 2.75) is 71.4 Å². The van der Waals surface area contributed by atoms with Gasteiger partial charge in [0.2, 0.25) is 0 Å². The molecule has 1 aliphatic rings. The number of carbonyl (C=O) groups is 1. The third kappa shape index (κ3) is 6.28. The first kappa shape index (κ1) is 16.3. The molecule has 4 heteroatoms. The van der Waals surface area contributed by atoms with Gasteiger partial charge in [-0.3, -0.25) is 0 Å². The molecule has 1 rings (SSSR count). The maximum atomic E-state index is 11.8. The van der Waals surface area contributed by atoms with Crippen LogP contribution < -0.4 is 11.1 Å². The highest BCUT2D eigenvalue weighted by molar-refractivity contribution is 5.68. The molecule has 1 aliphatic carbocycles. The van der Waals surface area contributed by atoms with E-state index in [0.717, 1.165) is 18.9 Å². The Labute approximate surface area is 117 Å². The second-order valence-electron chi connectivity index (χ2n) is 6.80. The first-order valence-electron chi connectivity index (χ1n) is 7.51. The molecule has 3 N–H and O–H groups in total. The number of carbonyl (C=O) groups excluding carboxylic acids is 1. The standard InChI is InChI=1S/C15H30N2O2/c1-11(17-14(18)19-15(2,3)4)13-7-5-6-12(10-13)8-9-16/h11-13H,5-10,16H2,1-4H3,(H,17,18)/t11-,12?,13?/m0/s1. The molecule has 1 fully saturated rings. The zero-order valence-electron chi connectivity index (χ0n) is 12.9. The highest BCUT2D eigenvalue weighted by Crippen LogP contribution is 2.32. The van der Waals surface area contributed by atoms with E-state index in [-0.39, 0.29) is 12.1 Å². The van der Waals surface area contributed by atoms with Crippen molar-refractivity contribution in [1.82, 2.24) is 5.32 Å². The number of nitrogens with two attached hydrogens (primary N) is 1. The zero-order chi connectivity index (χ0) is 14.5. The van der Waals surface area contributed by atoms with Crippen molar-refractivity contribution < 1.29 is 9.53 Å². The molecule has 0 aliphatic heterocycles. The Morgan fingerprint density at radius 1 is 1.42 bits per heavy atom. The van der Waals surface area contributed by atoms with E-state index in [1.54, 1.807) is 0 Å². The summed E-state index contributed by atoms with van der Waals surface area (Å²) in [5.41, 5.74) is 5.21. The predicted octanol–water partition coefficient (Wildman–Crippen LogP) is 3.05. The second kappa shape index (κ2) is 7.13. The maximum absolute atomic E-state index is 11.8. The first-order valence-corrected chi connectivity index (χ1v) is 7.51. The fraction of sp³-hybridized carbons (Fsp3) is 0.933. The quantitative estimate of drug-likeness (QED) is 0.825. The normalized spacial score (nSPS) is 25.7. The van der Waals surface area contributed by atoms with Crippen molar-refractivity contribution in [2.75, 3.05) is 6.54 Å². The van der Waals surface area contributed by atoms with Crippen LogP contribution in [0.3, 0.4) is 0 Å². The van der Waals surface area contributed by atoms with E-state index in [9.17, 15) is 4.79 Å². The highest BCUT2D eigenvalue weighted by atomic mass is 16.6. The van der Waals surface area contributed by atoms with Gasteiger partial charge in [-0.05, 0) is 65.3 Å². The van der Waals surface area contributed by atoms with Crippen LogP contribution in [0.25, 0.3) is 0 Å². The number of hydrogen-bond donors (Lipinski definition) is 2. The fourth-order valence-corrected chi connectivity index (χ4v) is 2.90. The molecule has 1 amide bonds. The number of nitrogens with one attached hydrogen (secondary N) is 1. The molecule has 0 heterocycles. The second-order valence-corrected chi connectivity index (χ2v) is 6.80. The van der Waals surface area contributed by atoms with Crippen LogP contribution in [-0.4, -0.2) is 24.3 Å². The molecule has 2 unspecified atom stereocenters. The van der Waals surface area contributed by atoms with Gasteiger partial charge in [-0.2, -0.15) is 0 Å². The minimum Gasteiger partial charge on any atom is -0.444 e. The molecule has 0 bridgehead atoms. The van der Waals surface area contributed by atoms with Gasteiger partial charge in [-0.1, -0.05) is 12.8 Å². The Bertz CT molecular complexity index is 284. The third-order valence-corrected chi connectivity index (χ3v) is 3.85. The largest absolute Gasteiger partial charge is 0.444 e. The molecule has 0 aromatic carbocycles. The van der Waals surface area contributed by atoms with Gasteiger partial charge >= 0.3 is 6.09 Å². The van der Waals surface area contributed by atoms with E-state index in [1.165, 1.54) is 25.7 Å². The molecule has 1 saturated carbocycles. The van der Waals surface area contributed by atoms with Crippen molar-refractivity contribution >= 4 is 6.09 Å². The fourth-order valence-electron chi connectivity index (χ4n) is 2.90. The Kier molecular flexibility index (Phi) is 6.11. The van der Waals surface area contributed by atoms with E-state index < -0.39 is 5.60 Å². The molecule has 0 aromatic heterocycles. The lowest BCUT2D eigenvalue weighted by atomic mass is 9.77. The summed E-state index contributed by atoms with van der Waals surface area (Å²) in [7, 11) is 0. The average Bonchev–Trinajstić information content (AvgIpc) is 2.27. The van der Waals surface area contributed by atoms with Crippen LogP contribution in [0.1, 0.15) is 59.8 Å². The topological polar surface area (TPSA) is 64.3 Å². The zero-order valence-corrected chi connectivity index (χ0v) is 12.9. The summed E-state index contributed by atoms with van der Waals surface area (Å²) in [5, 5.41) is 2.98. The lowest BCUT2D eigenvalue weighted by Gasteiger charge is -2.33. The van der Waals surface area contributed by atoms with E-state index in [2.05, 4.69) is 12.2 Å². The van der Waals surface area contributed by atoms with Crippen molar-refractivity contribution in [3.05, 3.63) is 0 Å². The summed E-state index contributed by atoms with van der Waals surface area (Å²) in [5.74, 6) is 1.28. The third-order valence-electron chi connectivity index (χ3n) is 3.85. The molecule has 0 spiro atoms. The van der Waals surface area contributed by atoms with Crippen LogP contribution in [0, 0.1) is 11.8 Å². The van der Waals surface area contributed by atoms with Crippen molar-refractivity contribution in [1.29, 1.82) is 0 Å². The monoisotopic (exact) mass is 270 g/mol. The van der Waals surface area contributed by atoms with Crippen LogP contribution in [-0.2, 0) is 4.74 Å². The minimum atomic E-state index is -0.432. The summed E-state index contributed by atoms with van der Waals surface area (Å²) in [6.45, 7) is 8.50. The lowest BCUT2D eigenvalue weighted by molar-refractivity contribution is 0.0477. The van der Waals surface area contributed by atoms with Crippen molar-refractivity contribution in [3.8, 4) is 0 Å². The van der Waals surface area contributed by atoms with Gasteiger partial charge < -0.3 is 15.8 Å². The number of ether oxygens (including phenoxy) is 1. The molecular weight excluding hydrogens is 240 g/mol. The van der Waals surface area contributed by atoms with E-state index >= 15 is 0 Å². The lowest BCUT2D eigenvalue weighted by Crippen LogP contribution is -2.42. The SMILES string of the molecule is C[C@H](NC(=O)OC(C)(C)C)C1CCCC(CCN)C1. The van der Waals surface area contributed by atoms with Crippen LogP contribution in [0.4, 0.5) is 4.79 Å². The van der Waals surface area contributed by atoms with E-state index in [0.29, 0.717) is 5.92 Å². The molecule has 0 aromatic rings. The van der Waals surface area contributed by atoms with E-state index in [4.69, 9.17) is 10.5 Å². The molecule has 112 valence electrons. The van der Waals surface area contributed by atoms with Crippen molar-refractivity contribution in [3.63, 3.8) is 0 Å². The highest BCUT2D eigenvalue weighted by Gasteiger charge is 2.27. The Morgan fingerprint density at radius 3 is 2.68 bits per heavy atom. The Balaban J connectivity index is 2.40. The van der Waals surface area contributed by atoms with Crippen LogP contribution >= 0.6 is 0 Å². The molecule has 4 nitrogen and oxygen atoms in total. The predicted molar refractivity (Wildman–Crippen MR) is 78.0 cm³/mol. The summed E-state index contributed by atoms with van der Waals surface area (Å²) < 4.78 is 5.30. The molecule has 0 radical (unpaired) electrons. The van der Waals surface area contributed by atoms with Crippen LogP contribution in [0.15, 0.2) is 0 Å². The van der Waals surface area contributed by atoms with Gasteiger partial charge in [-0.15, -0.1) is 0 Å². The first-order chi connectivity index (χ1) is 8.81. The van der Waals surface area contributed by atoms with Gasteiger partial charge in [0.25, 0.3) is 0 Å². The van der Waals surface area contributed by atoms with Crippen LogP contribution in [0.5, 0.6) is 0 Å². The summed E-state index contributed by atoms with van der Waals surface area (Å²) in [6, 6.07) is 0.176. The number of rotatable bonds is 4. The van der Waals surface area contributed by atoms with Gasteiger partial charge in [0.05, 0.1) is 0 Å². The van der Waals surface area contributed by atoms with E-state index in [1.807, 2.05) is 20.8 Å². The summed E-state index contributed by atoms with van der Waals surface area (Å²) in [4.78, 5) is 11.8. The Hall–Kier alpha value is -0.770. The number of alkyl carbamates (subject to hydrolysis) is 1. The number of amides is 1. The molecule has 3 atom stereocenters. The Morgan fingerprint density at radius 2 is 2.11 bits per heavy atom. The summed E-state index contributed by atoms with van der Waals surface area (Å²) >= 11 is 0. The minimum absolute atomic E-state index is 0.176. The summed E-state index contributed by atoms with van der Waals surface area (Å²) in [6.07, 6.45) is 5.70. The van der Waals surface area contributed by atoms with Gasteiger partial charge in [0.15, 0.2) is 0 Å². The molecule has 19 heavy (non-hydrogen) atoms. The molecular formula is C15H30N2O2. The van der Waals surface area contributed by atoms with Crippen molar-refractivity contribution in [2.24, 2.45) is 17.6 Å². The average molecular weight is 270 g/mol. The van der Waals surface area contributed by atoms with Gasteiger partial charge in [0.1, 0.15) is 5.60 Å². The number of hydrogen-bond acceptors (Lipinski definition) is 3. The van der Waals surface area contributed by atoms with Crippen LogP contribution in [0.2, 0.25) is 0 Å². The van der Waals surface area contributed by atoms with Gasteiger partial charge in [-0.25, -0.2) is 4.79 Å². The smallest absolute Gasteiger partial charge is 0.407 e.